The number of rotatable bonds is 2. The zero-order valence-corrected chi connectivity index (χ0v) is 14.1. The van der Waals surface area contributed by atoms with Crippen molar-refractivity contribution in [2.75, 3.05) is 26.2 Å². The number of benzene rings is 1. The Balaban J connectivity index is 1.84. The zero-order valence-electron chi connectivity index (χ0n) is 14.1. The molecule has 0 amide bonds. The fraction of sp³-hybridized carbons (Fsp3) is 0.579. The lowest BCUT2D eigenvalue weighted by Crippen LogP contribution is -2.68. The lowest BCUT2D eigenvalue weighted by Gasteiger charge is -2.55. The first-order valence-electron chi connectivity index (χ1n) is 8.58. The predicted octanol–water partition coefficient (Wildman–Crippen LogP) is 1.96. The Kier molecular flexibility index (Phi) is 2.46. The topological polar surface area (TPSA) is 55.8 Å². The Morgan fingerprint density at radius 2 is 1.75 bits per heavy atom. The number of methoxy groups -OCH3 is 2. The van der Waals surface area contributed by atoms with E-state index >= 15 is 0 Å². The highest BCUT2D eigenvalue weighted by atomic mass is 16.5. The van der Waals surface area contributed by atoms with Crippen LogP contribution in [0.25, 0.3) is 0 Å². The number of anilines is 1. The molecule has 5 nitrogen and oxygen atoms in total. The average Bonchev–Trinajstić information content (AvgIpc) is 3.28. The van der Waals surface area contributed by atoms with E-state index in [4.69, 9.17) is 9.47 Å². The third kappa shape index (κ3) is 1.09. The number of likely N-dealkylation sites (N-methyl/N-ethyl adjacent to an activating group) is 1. The number of carbonyl (C=O) groups is 2. The molecule has 1 aliphatic heterocycles. The highest BCUT2D eigenvalue weighted by molar-refractivity contribution is 6.01. The predicted molar refractivity (Wildman–Crippen MR) is 86.5 cm³/mol. The minimum atomic E-state index is -0.929. The van der Waals surface area contributed by atoms with Gasteiger partial charge < -0.3 is 14.4 Å². The SMILES string of the molecule is COC(=O)C12C3CCC4C(c5ccccc5N(C)C41C(=O)OC)C32. The van der Waals surface area contributed by atoms with Crippen molar-refractivity contribution >= 4 is 17.6 Å². The van der Waals surface area contributed by atoms with Gasteiger partial charge in [-0.25, -0.2) is 4.79 Å². The molecule has 0 aromatic heterocycles. The van der Waals surface area contributed by atoms with Crippen molar-refractivity contribution in [3.63, 3.8) is 0 Å². The third-order valence-electron chi connectivity index (χ3n) is 7.42. The molecule has 4 saturated carbocycles. The van der Waals surface area contributed by atoms with Crippen molar-refractivity contribution in [1.29, 1.82) is 0 Å². The number of carbonyl (C=O) groups excluding carboxylic acids is 2. The van der Waals surface area contributed by atoms with Gasteiger partial charge in [0.25, 0.3) is 0 Å². The Hall–Kier alpha value is -2.04. The summed E-state index contributed by atoms with van der Waals surface area (Å²) in [7, 11) is 4.79. The molecule has 6 unspecified atom stereocenters. The first-order valence-corrected chi connectivity index (χ1v) is 8.58. The molecule has 1 heterocycles. The summed E-state index contributed by atoms with van der Waals surface area (Å²) in [6.45, 7) is 0. The fourth-order valence-corrected chi connectivity index (χ4v) is 6.96. The van der Waals surface area contributed by atoms with Crippen LogP contribution >= 0.6 is 0 Å². The zero-order chi connectivity index (χ0) is 16.9. The molecule has 0 saturated heterocycles. The maximum Gasteiger partial charge on any atom is 0.333 e. The fourth-order valence-electron chi connectivity index (χ4n) is 6.96. The number of nitrogens with zero attached hydrogens (tertiary/aromatic N) is 1. The Labute approximate surface area is 140 Å². The van der Waals surface area contributed by atoms with E-state index in [-0.39, 0.29) is 35.6 Å². The van der Waals surface area contributed by atoms with Gasteiger partial charge in [-0.15, -0.1) is 0 Å². The van der Waals surface area contributed by atoms with Gasteiger partial charge in [0.05, 0.1) is 14.2 Å². The van der Waals surface area contributed by atoms with E-state index in [2.05, 4.69) is 6.07 Å². The van der Waals surface area contributed by atoms with E-state index in [9.17, 15) is 9.59 Å². The molecule has 126 valence electrons. The van der Waals surface area contributed by atoms with Gasteiger partial charge in [0.2, 0.25) is 0 Å². The molecule has 6 rings (SSSR count). The Bertz CT molecular complexity index is 776. The van der Waals surface area contributed by atoms with E-state index in [1.54, 1.807) is 0 Å². The van der Waals surface area contributed by atoms with Crippen molar-refractivity contribution < 1.29 is 19.1 Å². The summed E-state index contributed by atoms with van der Waals surface area (Å²) in [5, 5.41) is 0. The molecular weight excluding hydrogens is 306 g/mol. The summed E-state index contributed by atoms with van der Waals surface area (Å²) in [4.78, 5) is 28.2. The largest absolute Gasteiger partial charge is 0.468 e. The summed E-state index contributed by atoms with van der Waals surface area (Å²) in [6.07, 6.45) is 1.95. The van der Waals surface area contributed by atoms with Gasteiger partial charge in [0.15, 0.2) is 5.54 Å². The molecule has 0 N–H and O–H groups in total. The number of fused-ring (bicyclic) bond motifs is 2. The maximum atomic E-state index is 13.1. The molecule has 6 bridgehead atoms. The van der Waals surface area contributed by atoms with Crippen LogP contribution in [-0.4, -0.2) is 38.7 Å². The minimum Gasteiger partial charge on any atom is -0.468 e. The summed E-state index contributed by atoms with van der Waals surface area (Å²) in [6, 6.07) is 8.23. The lowest BCUT2D eigenvalue weighted by molar-refractivity contribution is -0.166. The summed E-state index contributed by atoms with van der Waals surface area (Å²) < 4.78 is 10.5. The number of hydrogen-bond acceptors (Lipinski definition) is 5. The molecule has 6 atom stereocenters. The molecule has 5 heteroatoms. The van der Waals surface area contributed by atoms with Crippen LogP contribution in [0.2, 0.25) is 0 Å². The molecule has 1 aromatic carbocycles. The monoisotopic (exact) mass is 327 g/mol. The Morgan fingerprint density at radius 1 is 1.08 bits per heavy atom. The Morgan fingerprint density at radius 3 is 2.46 bits per heavy atom. The standard InChI is InChI=1S/C19H21NO4/c1-20-13-7-5-4-6-10(13)14-11-8-9-12-15(14)18(12,16(21)23-2)19(11,20)17(22)24-3/h4-7,11-12,14-15H,8-9H2,1-3H3. The van der Waals surface area contributed by atoms with E-state index in [1.807, 2.05) is 30.1 Å². The van der Waals surface area contributed by atoms with Crippen LogP contribution in [0.3, 0.4) is 0 Å². The van der Waals surface area contributed by atoms with Gasteiger partial charge in [0, 0.05) is 18.7 Å². The maximum absolute atomic E-state index is 13.1. The second kappa shape index (κ2) is 4.13. The summed E-state index contributed by atoms with van der Waals surface area (Å²) in [5.74, 6) is 0.233. The molecular formula is C19H21NO4. The lowest BCUT2D eigenvalue weighted by atomic mass is 9.60. The van der Waals surface area contributed by atoms with Gasteiger partial charge in [0.1, 0.15) is 5.41 Å². The molecule has 24 heavy (non-hydrogen) atoms. The third-order valence-corrected chi connectivity index (χ3v) is 7.42. The van der Waals surface area contributed by atoms with Gasteiger partial charge in [-0.1, -0.05) is 18.2 Å². The smallest absolute Gasteiger partial charge is 0.333 e. The number of esters is 2. The van der Waals surface area contributed by atoms with Crippen molar-refractivity contribution in [3.8, 4) is 0 Å². The molecule has 4 aliphatic carbocycles. The normalized spacial score (nSPS) is 43.0. The van der Waals surface area contributed by atoms with Gasteiger partial charge in [-0.05, 0) is 42.2 Å². The van der Waals surface area contributed by atoms with Crippen LogP contribution in [0.1, 0.15) is 24.3 Å². The van der Waals surface area contributed by atoms with E-state index in [1.165, 1.54) is 19.8 Å². The molecule has 0 spiro atoms. The van der Waals surface area contributed by atoms with Gasteiger partial charge in [-0.2, -0.15) is 0 Å². The molecule has 4 fully saturated rings. The van der Waals surface area contributed by atoms with E-state index in [0.29, 0.717) is 0 Å². The number of ether oxygens (including phenoxy) is 2. The number of para-hydroxylation sites is 1. The summed E-state index contributed by atoms with van der Waals surface area (Å²) in [5.41, 5.74) is 0.625. The van der Waals surface area contributed by atoms with Crippen LogP contribution in [0.5, 0.6) is 0 Å². The average molecular weight is 327 g/mol. The van der Waals surface area contributed by atoms with Crippen LogP contribution in [0.15, 0.2) is 24.3 Å². The van der Waals surface area contributed by atoms with Crippen molar-refractivity contribution in [1.82, 2.24) is 0 Å². The van der Waals surface area contributed by atoms with Crippen molar-refractivity contribution in [2.45, 2.75) is 24.3 Å². The van der Waals surface area contributed by atoms with Crippen molar-refractivity contribution in [3.05, 3.63) is 29.8 Å². The highest BCUT2D eigenvalue weighted by Crippen LogP contribution is 2.86. The first kappa shape index (κ1) is 14.3. The first-order chi connectivity index (χ1) is 11.6. The van der Waals surface area contributed by atoms with Gasteiger partial charge >= 0.3 is 11.9 Å². The van der Waals surface area contributed by atoms with Crippen molar-refractivity contribution in [2.24, 2.45) is 23.2 Å². The van der Waals surface area contributed by atoms with Gasteiger partial charge in [-0.3, -0.25) is 4.79 Å². The van der Waals surface area contributed by atoms with Crippen LogP contribution in [0.4, 0.5) is 5.69 Å². The second-order valence-corrected chi connectivity index (χ2v) is 7.58. The number of hydrogen-bond donors (Lipinski definition) is 0. The molecule has 0 radical (unpaired) electrons. The van der Waals surface area contributed by atoms with E-state index in [0.717, 1.165) is 18.5 Å². The molecule has 5 aliphatic rings. The van der Waals surface area contributed by atoms with Crippen LogP contribution in [-0.2, 0) is 19.1 Å². The molecule has 1 aromatic rings. The summed E-state index contributed by atoms with van der Waals surface area (Å²) >= 11 is 0. The second-order valence-electron chi connectivity index (χ2n) is 7.58. The van der Waals surface area contributed by atoms with Crippen LogP contribution < -0.4 is 4.90 Å². The highest BCUT2D eigenvalue weighted by Gasteiger charge is 2.94. The van der Waals surface area contributed by atoms with E-state index < -0.39 is 11.0 Å². The van der Waals surface area contributed by atoms with Crippen LogP contribution in [0, 0.1) is 23.2 Å². The minimum absolute atomic E-state index is 0.110. The quantitative estimate of drug-likeness (QED) is 0.777.